The topological polar surface area (TPSA) is 108 Å². The summed E-state index contributed by atoms with van der Waals surface area (Å²) in [6.45, 7) is 7.62. The van der Waals surface area contributed by atoms with Crippen LogP contribution in [0.1, 0.15) is 47.7 Å². The number of anilines is 2. The number of carbonyl (C=O) groups is 3. The molecule has 0 saturated carbocycles. The van der Waals surface area contributed by atoms with Crippen LogP contribution < -0.4 is 20.1 Å². The van der Waals surface area contributed by atoms with Crippen molar-refractivity contribution in [2.75, 3.05) is 30.5 Å². The van der Waals surface area contributed by atoms with Crippen LogP contribution >= 0.6 is 0 Å². The predicted octanol–water partition coefficient (Wildman–Crippen LogP) is 6.08. The van der Waals surface area contributed by atoms with Gasteiger partial charge < -0.3 is 29.7 Å². The number of ether oxygens (including phenoxy) is 2. The average Bonchev–Trinajstić information content (AvgIpc) is 3.83. The van der Waals surface area contributed by atoms with Gasteiger partial charge in [-0.15, -0.1) is 0 Å². The highest BCUT2D eigenvalue weighted by Crippen LogP contribution is 2.60. The highest BCUT2D eigenvalue weighted by molar-refractivity contribution is 6.91. The van der Waals surface area contributed by atoms with Crippen LogP contribution in [0.15, 0.2) is 103 Å². The van der Waals surface area contributed by atoms with E-state index < -0.39 is 19.8 Å². The van der Waals surface area contributed by atoms with Crippen molar-refractivity contribution in [1.29, 1.82) is 0 Å². The minimum atomic E-state index is -2.43. The molecule has 52 heavy (non-hydrogen) atoms. The molecule has 2 N–H and O–H groups in total. The van der Waals surface area contributed by atoms with Gasteiger partial charge in [0.1, 0.15) is 5.75 Å². The second-order valence-corrected chi connectivity index (χ2v) is 19.5. The van der Waals surface area contributed by atoms with Crippen molar-refractivity contribution in [2.24, 2.45) is 5.92 Å². The maximum absolute atomic E-state index is 15.1. The number of nitrogens with one attached hydrogen (secondary N) is 1. The van der Waals surface area contributed by atoms with Gasteiger partial charge in [0.15, 0.2) is 5.60 Å². The molecule has 2 saturated heterocycles. The van der Waals surface area contributed by atoms with Crippen LogP contribution in [0, 0.1) is 5.92 Å². The van der Waals surface area contributed by atoms with E-state index in [1.54, 1.807) is 24.1 Å². The van der Waals surface area contributed by atoms with Crippen LogP contribution in [0.4, 0.5) is 11.4 Å². The van der Waals surface area contributed by atoms with Gasteiger partial charge in [-0.1, -0.05) is 85.9 Å². The first-order chi connectivity index (χ1) is 25.1. The Bertz CT molecular complexity index is 1940. The van der Waals surface area contributed by atoms with E-state index >= 15 is 4.79 Å². The summed E-state index contributed by atoms with van der Waals surface area (Å²) in [6.07, 6.45) is 1.28. The van der Waals surface area contributed by atoms with E-state index in [2.05, 4.69) is 37.5 Å². The van der Waals surface area contributed by atoms with Crippen molar-refractivity contribution in [3.8, 4) is 5.75 Å². The van der Waals surface area contributed by atoms with E-state index in [0.29, 0.717) is 24.3 Å². The first-order valence-corrected chi connectivity index (χ1v) is 21.3. The molecule has 3 aliphatic rings. The summed E-state index contributed by atoms with van der Waals surface area (Å²) >= 11 is 0. The summed E-state index contributed by atoms with van der Waals surface area (Å²) in [6, 6.07) is 32.5. The lowest BCUT2D eigenvalue weighted by Crippen LogP contribution is -2.52. The SMILES string of the molecule is COc1ccc([Si](C)(C)[C@H]2[C@H](CC(=O)N3CCC[C@H]3CO)O[C@@]3(C(=O)N(Cc4ccc(NC(=O)c5ccccc5)cc4)c4ccccc43)[C@@H]2C)cc1. The number of amides is 3. The normalized spacial score (nSPS) is 24.0. The van der Waals surface area contributed by atoms with E-state index in [-0.39, 0.29) is 48.3 Å². The van der Waals surface area contributed by atoms with Gasteiger partial charge in [0.25, 0.3) is 11.8 Å². The van der Waals surface area contributed by atoms with E-state index in [1.807, 2.05) is 83.8 Å². The zero-order chi connectivity index (χ0) is 36.6. The molecule has 9 nitrogen and oxygen atoms in total. The molecule has 0 aromatic heterocycles. The minimum Gasteiger partial charge on any atom is -0.497 e. The zero-order valence-electron chi connectivity index (χ0n) is 30.2. The van der Waals surface area contributed by atoms with Gasteiger partial charge in [-0.3, -0.25) is 14.4 Å². The van der Waals surface area contributed by atoms with Gasteiger partial charge in [0.2, 0.25) is 5.91 Å². The van der Waals surface area contributed by atoms with Crippen molar-refractivity contribution < 1.29 is 29.0 Å². The molecule has 0 bridgehead atoms. The van der Waals surface area contributed by atoms with Crippen LogP contribution in [-0.2, 0) is 26.5 Å². The van der Waals surface area contributed by atoms with Gasteiger partial charge in [-0.2, -0.15) is 0 Å². The van der Waals surface area contributed by atoms with Gasteiger partial charge >= 0.3 is 0 Å². The van der Waals surface area contributed by atoms with Gasteiger partial charge in [0, 0.05) is 29.3 Å². The Morgan fingerprint density at radius 1 is 0.962 bits per heavy atom. The number of likely N-dealkylation sites (tertiary alicyclic amines) is 1. The number of carbonyl (C=O) groups excluding carboxylic acids is 3. The van der Waals surface area contributed by atoms with Gasteiger partial charge in [-0.05, 0) is 66.4 Å². The van der Waals surface area contributed by atoms with Crippen LogP contribution in [0.2, 0.25) is 18.6 Å². The Morgan fingerprint density at radius 3 is 2.35 bits per heavy atom. The Kier molecular flexibility index (Phi) is 9.82. The average molecular weight is 718 g/mol. The maximum atomic E-state index is 15.1. The highest BCUT2D eigenvalue weighted by atomic mass is 28.3. The second-order valence-electron chi connectivity index (χ2n) is 14.9. The first kappa shape index (κ1) is 35.6. The summed E-state index contributed by atoms with van der Waals surface area (Å²) < 4.78 is 12.6. The smallest absolute Gasteiger partial charge is 0.264 e. The largest absolute Gasteiger partial charge is 0.497 e. The van der Waals surface area contributed by atoms with Crippen molar-refractivity contribution in [2.45, 2.75) is 69.1 Å². The molecule has 270 valence electrons. The van der Waals surface area contributed by atoms with Crippen LogP contribution in [-0.4, -0.2) is 68.2 Å². The molecule has 7 rings (SSSR count). The molecule has 3 amide bonds. The Labute approximate surface area is 306 Å². The van der Waals surface area contributed by atoms with Crippen molar-refractivity contribution >= 4 is 42.4 Å². The van der Waals surface area contributed by atoms with Crippen molar-refractivity contribution in [3.63, 3.8) is 0 Å². The lowest BCUT2D eigenvalue weighted by molar-refractivity contribution is -0.150. The van der Waals surface area contributed by atoms with Crippen molar-refractivity contribution in [1.82, 2.24) is 4.90 Å². The molecule has 1 spiro atoms. The molecular weight excluding hydrogens is 671 g/mol. The third-order valence-corrected chi connectivity index (χ3v) is 16.0. The van der Waals surface area contributed by atoms with Crippen molar-refractivity contribution in [3.05, 3.63) is 120 Å². The van der Waals surface area contributed by atoms with E-state index in [9.17, 15) is 14.7 Å². The molecular formula is C42H47N3O6Si. The number of nitrogens with zero attached hydrogens (tertiary/aromatic N) is 2. The molecule has 0 radical (unpaired) electrons. The second kappa shape index (κ2) is 14.3. The summed E-state index contributed by atoms with van der Waals surface area (Å²) in [4.78, 5) is 45.4. The van der Waals surface area contributed by atoms with Gasteiger partial charge in [0.05, 0.1) is 52.6 Å². The monoisotopic (exact) mass is 717 g/mol. The number of hydrogen-bond acceptors (Lipinski definition) is 6. The Balaban J connectivity index is 1.20. The molecule has 0 unspecified atom stereocenters. The lowest BCUT2D eigenvalue weighted by Gasteiger charge is -2.37. The van der Waals surface area contributed by atoms with Crippen LogP contribution in [0.5, 0.6) is 5.75 Å². The molecule has 4 aromatic carbocycles. The first-order valence-electron chi connectivity index (χ1n) is 18.2. The molecule has 2 fully saturated rings. The fourth-order valence-electron chi connectivity index (χ4n) is 8.94. The van der Waals surface area contributed by atoms with Crippen LogP contribution in [0.25, 0.3) is 0 Å². The van der Waals surface area contributed by atoms with E-state index in [1.165, 1.54) is 5.19 Å². The fourth-order valence-corrected chi connectivity index (χ4v) is 12.9. The number of para-hydroxylation sites is 1. The van der Waals surface area contributed by atoms with E-state index in [4.69, 9.17) is 9.47 Å². The summed E-state index contributed by atoms with van der Waals surface area (Å²) in [7, 11) is -0.777. The Hall–Kier alpha value is -4.77. The fraction of sp³-hybridized carbons (Fsp3) is 0.357. The summed E-state index contributed by atoms with van der Waals surface area (Å²) in [5, 5.41) is 14.2. The number of aliphatic hydroxyl groups is 1. The summed E-state index contributed by atoms with van der Waals surface area (Å²) in [5.41, 5.74) is 2.43. The molecule has 3 aliphatic heterocycles. The number of hydrogen-bond donors (Lipinski definition) is 2. The number of fused-ring (bicyclic) bond motifs is 2. The molecule has 5 atom stereocenters. The number of rotatable bonds is 10. The highest BCUT2D eigenvalue weighted by Gasteiger charge is 2.66. The molecule has 3 heterocycles. The number of methoxy groups -OCH3 is 1. The summed E-state index contributed by atoms with van der Waals surface area (Å²) in [5.74, 6) is 0.183. The number of benzene rings is 4. The van der Waals surface area contributed by atoms with Gasteiger partial charge in [-0.25, -0.2) is 0 Å². The standard InChI is InChI=1S/C42H47N3O6Si/c1-28-39(52(3,4)34-22-20-33(50-2)21-23-34)37(25-38(47)44-24-10-13-32(44)27-46)51-42(28)35-14-8-9-15-36(35)45(41(42)49)26-29-16-18-31(19-17-29)43-40(48)30-11-6-5-7-12-30/h5-9,11-12,14-23,28,32,37,39,46H,10,13,24-27H2,1-4H3,(H,43,48)/t28-,32+,37+,39-,42+/m1/s1. The number of aliphatic hydroxyl groups excluding tert-OH is 1. The quantitative estimate of drug-likeness (QED) is 0.193. The molecule has 4 aromatic rings. The molecule has 0 aliphatic carbocycles. The maximum Gasteiger partial charge on any atom is 0.264 e. The minimum absolute atomic E-state index is 0.0367. The zero-order valence-corrected chi connectivity index (χ0v) is 31.2. The van der Waals surface area contributed by atoms with E-state index in [0.717, 1.165) is 35.4 Å². The predicted molar refractivity (Wildman–Crippen MR) is 204 cm³/mol. The lowest BCUT2D eigenvalue weighted by atomic mass is 9.82. The molecule has 10 heteroatoms. The Morgan fingerprint density at radius 2 is 1.65 bits per heavy atom. The third-order valence-electron chi connectivity index (χ3n) is 11.6. The third kappa shape index (κ3) is 6.22. The van der Waals surface area contributed by atoms with Crippen LogP contribution in [0.3, 0.4) is 0 Å².